The summed E-state index contributed by atoms with van der Waals surface area (Å²) in [5.41, 5.74) is 7.01. The van der Waals surface area contributed by atoms with Gasteiger partial charge in [-0.2, -0.15) is 4.31 Å². The molecule has 1 unspecified atom stereocenters. The van der Waals surface area contributed by atoms with Crippen LogP contribution in [0.3, 0.4) is 0 Å². The van der Waals surface area contributed by atoms with E-state index in [1.54, 1.807) is 17.5 Å². The van der Waals surface area contributed by atoms with Crippen molar-refractivity contribution in [1.29, 1.82) is 0 Å². The Morgan fingerprint density at radius 2 is 1.93 bits per heavy atom. The number of carbonyl (C=O) groups excluding carboxylic acids is 2. The van der Waals surface area contributed by atoms with E-state index in [4.69, 9.17) is 5.73 Å². The average molecular weight is 468 g/mol. The van der Waals surface area contributed by atoms with E-state index in [0.29, 0.717) is 30.0 Å². The van der Waals surface area contributed by atoms with Crippen LogP contribution in [0.1, 0.15) is 59.3 Å². The zero-order chi connectivity index (χ0) is 21.3. The van der Waals surface area contributed by atoms with Gasteiger partial charge in [-0.25, -0.2) is 8.42 Å². The van der Waals surface area contributed by atoms with Gasteiger partial charge in [0.2, 0.25) is 5.91 Å². The Morgan fingerprint density at radius 3 is 2.67 bits per heavy atom. The third-order valence-electron chi connectivity index (χ3n) is 5.72. The first-order valence-corrected chi connectivity index (χ1v) is 13.3. The Labute approximate surface area is 184 Å². The van der Waals surface area contributed by atoms with Crippen molar-refractivity contribution >= 4 is 49.5 Å². The summed E-state index contributed by atoms with van der Waals surface area (Å²) in [4.78, 5) is 26.5. The third-order valence-corrected chi connectivity index (χ3v) is 10.2. The highest BCUT2D eigenvalue weighted by molar-refractivity contribution is 7.91. The second kappa shape index (κ2) is 8.78. The number of amides is 2. The van der Waals surface area contributed by atoms with Gasteiger partial charge in [0.15, 0.2) is 0 Å². The average Bonchev–Trinajstić information content (AvgIpc) is 3.32. The quantitative estimate of drug-likeness (QED) is 0.657. The monoisotopic (exact) mass is 467 g/mol. The molecule has 0 saturated carbocycles. The van der Waals surface area contributed by atoms with Crippen molar-refractivity contribution in [2.75, 3.05) is 11.9 Å². The van der Waals surface area contributed by atoms with Gasteiger partial charge in [-0.1, -0.05) is 18.9 Å². The number of hydrogen-bond acceptors (Lipinski definition) is 6. The van der Waals surface area contributed by atoms with Gasteiger partial charge in [-0.3, -0.25) is 9.59 Å². The summed E-state index contributed by atoms with van der Waals surface area (Å²) in [5, 5.41) is 5.03. The van der Waals surface area contributed by atoms with Crippen LogP contribution in [0.4, 0.5) is 5.00 Å². The molecule has 30 heavy (non-hydrogen) atoms. The highest BCUT2D eigenvalue weighted by Gasteiger charge is 2.38. The molecule has 1 aliphatic heterocycles. The minimum absolute atomic E-state index is 0.239. The van der Waals surface area contributed by atoms with Gasteiger partial charge in [-0.05, 0) is 55.5 Å². The van der Waals surface area contributed by atoms with Crippen LogP contribution in [0.5, 0.6) is 0 Å². The van der Waals surface area contributed by atoms with E-state index in [2.05, 4.69) is 5.32 Å². The summed E-state index contributed by atoms with van der Waals surface area (Å²) in [6.45, 7) is 0.307. The number of sulfonamides is 1. The fourth-order valence-corrected chi connectivity index (χ4v) is 8.34. The summed E-state index contributed by atoms with van der Waals surface area (Å²) < 4.78 is 27.7. The third kappa shape index (κ3) is 4.05. The number of thiophene rings is 2. The topological polar surface area (TPSA) is 110 Å². The summed E-state index contributed by atoms with van der Waals surface area (Å²) in [6.07, 6.45) is 6.75. The molecular weight excluding hydrogens is 442 g/mol. The van der Waals surface area contributed by atoms with Crippen LogP contribution in [0, 0.1) is 0 Å². The highest BCUT2D eigenvalue weighted by atomic mass is 32.2. The predicted octanol–water partition coefficient (Wildman–Crippen LogP) is 3.36. The molecule has 0 spiro atoms. The van der Waals surface area contributed by atoms with E-state index >= 15 is 0 Å². The maximum Gasteiger partial charge on any atom is 0.253 e. The van der Waals surface area contributed by atoms with E-state index < -0.39 is 27.9 Å². The molecule has 1 aliphatic carbocycles. The summed E-state index contributed by atoms with van der Waals surface area (Å²) >= 11 is 2.55. The lowest BCUT2D eigenvalue weighted by atomic mass is 10.0. The van der Waals surface area contributed by atoms with Crippen molar-refractivity contribution in [2.45, 2.75) is 61.6 Å². The van der Waals surface area contributed by atoms with E-state index in [0.717, 1.165) is 60.3 Å². The Hall–Kier alpha value is -1.75. The lowest BCUT2D eigenvalue weighted by molar-refractivity contribution is -0.120. The number of nitrogens with one attached hydrogen (secondary N) is 1. The molecule has 7 nitrogen and oxygen atoms in total. The summed E-state index contributed by atoms with van der Waals surface area (Å²) in [6, 6.07) is 2.45. The zero-order valence-electron chi connectivity index (χ0n) is 16.6. The molecule has 1 fully saturated rings. The first-order chi connectivity index (χ1) is 14.4. The zero-order valence-corrected chi connectivity index (χ0v) is 19.0. The fraction of sp³-hybridized carbons (Fsp3) is 0.500. The molecule has 3 heterocycles. The Bertz CT molecular complexity index is 1040. The highest BCUT2D eigenvalue weighted by Crippen LogP contribution is 2.38. The standard InChI is InChI=1S/C20H25N3O4S3/c21-18(24)17-13-7-2-1-3-9-15(13)29-20(17)22-19(25)14-8-4-5-11-23(14)30(26,27)16-10-6-12-28-16/h6,10,12,14H,1-5,7-9,11H2,(H2,21,24)(H,22,25). The van der Waals surface area contributed by atoms with Crippen LogP contribution in [-0.2, 0) is 27.7 Å². The fourth-order valence-electron chi connectivity index (χ4n) is 4.27. The molecule has 0 aromatic carbocycles. The minimum atomic E-state index is -3.74. The van der Waals surface area contributed by atoms with E-state index in [-0.39, 0.29) is 4.21 Å². The van der Waals surface area contributed by atoms with Gasteiger partial charge in [0.05, 0.1) is 5.56 Å². The number of fused-ring (bicyclic) bond motifs is 1. The molecule has 2 amide bonds. The molecule has 1 atom stereocenters. The molecule has 1 saturated heterocycles. The Morgan fingerprint density at radius 1 is 1.13 bits per heavy atom. The number of primary amides is 1. The molecule has 10 heteroatoms. The molecule has 4 rings (SSSR count). The lowest BCUT2D eigenvalue weighted by Crippen LogP contribution is -2.49. The minimum Gasteiger partial charge on any atom is -0.365 e. The van der Waals surface area contributed by atoms with Crippen molar-refractivity contribution in [3.8, 4) is 0 Å². The molecule has 2 aromatic rings. The molecule has 3 N–H and O–H groups in total. The number of anilines is 1. The van der Waals surface area contributed by atoms with Gasteiger partial charge in [-0.15, -0.1) is 22.7 Å². The van der Waals surface area contributed by atoms with Gasteiger partial charge < -0.3 is 11.1 Å². The van der Waals surface area contributed by atoms with Crippen molar-refractivity contribution in [2.24, 2.45) is 5.73 Å². The number of nitrogens with two attached hydrogens (primary N) is 1. The van der Waals surface area contributed by atoms with Crippen molar-refractivity contribution < 1.29 is 18.0 Å². The van der Waals surface area contributed by atoms with Gasteiger partial charge in [0.1, 0.15) is 15.3 Å². The number of aryl methyl sites for hydroxylation is 1. The number of nitrogens with zero attached hydrogens (tertiary/aromatic N) is 1. The second-order valence-corrected chi connectivity index (χ2v) is 11.9. The van der Waals surface area contributed by atoms with Crippen LogP contribution in [0.2, 0.25) is 0 Å². The summed E-state index contributed by atoms with van der Waals surface area (Å²) in [7, 11) is -3.74. The van der Waals surface area contributed by atoms with Crippen molar-refractivity contribution in [1.82, 2.24) is 4.31 Å². The maximum absolute atomic E-state index is 13.2. The lowest BCUT2D eigenvalue weighted by Gasteiger charge is -2.33. The molecule has 0 radical (unpaired) electrons. The van der Waals surface area contributed by atoms with Crippen LogP contribution >= 0.6 is 22.7 Å². The van der Waals surface area contributed by atoms with Gasteiger partial charge in [0, 0.05) is 11.4 Å². The molecule has 162 valence electrons. The molecule has 0 bridgehead atoms. The molecule has 2 aromatic heterocycles. The normalized spacial score (nSPS) is 20.3. The molecular formula is C20H25N3O4S3. The first-order valence-electron chi connectivity index (χ1n) is 10.2. The van der Waals surface area contributed by atoms with Gasteiger partial charge >= 0.3 is 0 Å². The number of rotatable bonds is 5. The predicted molar refractivity (Wildman–Crippen MR) is 119 cm³/mol. The number of carbonyl (C=O) groups is 2. The number of piperidine rings is 1. The van der Waals surface area contributed by atoms with E-state index in [9.17, 15) is 18.0 Å². The largest absolute Gasteiger partial charge is 0.365 e. The van der Waals surface area contributed by atoms with Gasteiger partial charge in [0.25, 0.3) is 15.9 Å². The number of hydrogen-bond donors (Lipinski definition) is 2. The van der Waals surface area contributed by atoms with Crippen molar-refractivity contribution in [3.05, 3.63) is 33.5 Å². The second-order valence-electron chi connectivity index (χ2n) is 7.68. The van der Waals surface area contributed by atoms with E-state index in [1.165, 1.54) is 15.6 Å². The molecule has 2 aliphatic rings. The van der Waals surface area contributed by atoms with Crippen LogP contribution in [0.25, 0.3) is 0 Å². The van der Waals surface area contributed by atoms with Crippen molar-refractivity contribution in [3.63, 3.8) is 0 Å². The van der Waals surface area contributed by atoms with Crippen LogP contribution < -0.4 is 11.1 Å². The SMILES string of the molecule is NC(=O)c1c(NC(=O)C2CCCCN2S(=O)(=O)c2cccs2)sc2c1CCCCC2. The summed E-state index contributed by atoms with van der Waals surface area (Å²) in [5.74, 6) is -0.940. The van der Waals surface area contributed by atoms with Crippen LogP contribution in [0.15, 0.2) is 21.7 Å². The Balaban J connectivity index is 1.62. The van der Waals surface area contributed by atoms with E-state index in [1.807, 2.05) is 0 Å². The van der Waals surface area contributed by atoms with Crippen LogP contribution in [-0.4, -0.2) is 37.1 Å². The Kier molecular flexibility index (Phi) is 6.29. The first kappa shape index (κ1) is 21.5. The maximum atomic E-state index is 13.2. The smallest absolute Gasteiger partial charge is 0.253 e.